The van der Waals surface area contributed by atoms with Gasteiger partial charge in [0.15, 0.2) is 5.82 Å². The Bertz CT molecular complexity index is 3260. The Morgan fingerprint density at radius 1 is 0.279 bits per heavy atom. The molecule has 11 rings (SSSR count). The molecule has 61 heavy (non-hydrogen) atoms. The van der Waals surface area contributed by atoms with Crippen LogP contribution in [0.3, 0.4) is 0 Å². The van der Waals surface area contributed by atoms with Gasteiger partial charge in [0.1, 0.15) is 5.52 Å². The van der Waals surface area contributed by atoms with Crippen molar-refractivity contribution in [2.45, 2.75) is 0 Å². The lowest BCUT2D eigenvalue weighted by atomic mass is 9.92. The molecule has 0 radical (unpaired) electrons. The van der Waals surface area contributed by atoms with Crippen molar-refractivity contribution in [2.75, 3.05) is 0 Å². The highest BCUT2D eigenvalue weighted by atomic mass is 15.0. The van der Waals surface area contributed by atoms with Crippen LogP contribution in [-0.2, 0) is 0 Å². The monoisotopic (exact) mass is 777 g/mol. The molecule has 3 nitrogen and oxygen atoms in total. The molecule has 0 amide bonds. The van der Waals surface area contributed by atoms with E-state index in [0.29, 0.717) is 5.82 Å². The van der Waals surface area contributed by atoms with Gasteiger partial charge in [-0.05, 0) is 104 Å². The van der Waals surface area contributed by atoms with E-state index in [4.69, 9.17) is 9.97 Å². The first-order valence-corrected chi connectivity index (χ1v) is 20.7. The number of hydrogen-bond donors (Lipinski definition) is 0. The highest BCUT2D eigenvalue weighted by Gasteiger charge is 2.21. The zero-order valence-electron chi connectivity index (χ0n) is 33.4. The van der Waals surface area contributed by atoms with E-state index < -0.39 is 0 Å². The molecule has 2 aromatic heterocycles. The van der Waals surface area contributed by atoms with Crippen molar-refractivity contribution in [3.8, 4) is 84.0 Å². The quantitative estimate of drug-likeness (QED) is 0.154. The summed E-state index contributed by atoms with van der Waals surface area (Å²) in [5.41, 5.74) is 18.6. The molecular formula is C58H39N3. The second kappa shape index (κ2) is 15.6. The number of rotatable bonds is 8. The van der Waals surface area contributed by atoms with Crippen LogP contribution in [0.25, 0.3) is 106 Å². The molecule has 0 spiro atoms. The molecular weight excluding hydrogens is 739 g/mol. The first kappa shape index (κ1) is 36.0. The van der Waals surface area contributed by atoms with E-state index in [2.05, 4.69) is 241 Å². The summed E-state index contributed by atoms with van der Waals surface area (Å²) in [7, 11) is 0. The fourth-order valence-electron chi connectivity index (χ4n) is 8.58. The lowest BCUT2D eigenvalue weighted by Crippen LogP contribution is -2.00. The fraction of sp³-hybridized carbons (Fsp3) is 0. The van der Waals surface area contributed by atoms with E-state index in [0.717, 1.165) is 66.7 Å². The molecule has 0 aliphatic heterocycles. The summed E-state index contributed by atoms with van der Waals surface area (Å²) in [5, 5.41) is 1.09. The smallest absolute Gasteiger partial charge is 0.160 e. The third kappa shape index (κ3) is 6.88. The predicted molar refractivity (Wildman–Crippen MR) is 254 cm³/mol. The molecule has 0 fully saturated rings. The molecule has 0 saturated heterocycles. The van der Waals surface area contributed by atoms with Gasteiger partial charge in [-0.2, -0.15) is 0 Å². The first-order chi connectivity index (χ1) is 30.2. The third-order valence-corrected chi connectivity index (χ3v) is 11.6. The SMILES string of the molecule is c1ccc(-c2ccc(-c3nc(-c4cccc(-c5cccc(-c6cc(-c7ccccc7)cc(-c7ccccc7)c6)c5)c4)nc4c5ccccc5n(-c5ccccc5)c34)cc2)cc1. The number of fused-ring (bicyclic) bond motifs is 3. The minimum absolute atomic E-state index is 0.687. The maximum absolute atomic E-state index is 5.47. The Hall–Kier alpha value is -8.14. The van der Waals surface area contributed by atoms with Crippen molar-refractivity contribution in [1.29, 1.82) is 0 Å². The molecule has 11 aromatic rings. The van der Waals surface area contributed by atoms with Crippen molar-refractivity contribution in [2.24, 2.45) is 0 Å². The number of nitrogens with zero attached hydrogens (tertiary/aromatic N) is 3. The minimum Gasteiger partial charge on any atom is -0.306 e. The highest BCUT2D eigenvalue weighted by Crippen LogP contribution is 2.40. The van der Waals surface area contributed by atoms with Gasteiger partial charge in [-0.1, -0.05) is 188 Å². The number of para-hydroxylation sites is 2. The largest absolute Gasteiger partial charge is 0.306 e. The number of benzene rings is 9. The lowest BCUT2D eigenvalue weighted by Gasteiger charge is -2.14. The van der Waals surface area contributed by atoms with Crippen molar-refractivity contribution >= 4 is 21.9 Å². The summed E-state index contributed by atoms with van der Waals surface area (Å²) in [4.78, 5) is 10.9. The highest BCUT2D eigenvalue weighted by molar-refractivity contribution is 6.11. The van der Waals surface area contributed by atoms with Crippen molar-refractivity contribution < 1.29 is 0 Å². The van der Waals surface area contributed by atoms with Gasteiger partial charge < -0.3 is 4.57 Å². The molecule has 0 unspecified atom stereocenters. The predicted octanol–water partition coefficient (Wildman–Crippen LogP) is 15.2. The average molecular weight is 778 g/mol. The van der Waals surface area contributed by atoms with Crippen LogP contribution in [0.4, 0.5) is 0 Å². The van der Waals surface area contributed by atoms with E-state index in [1.54, 1.807) is 0 Å². The molecule has 0 N–H and O–H groups in total. The van der Waals surface area contributed by atoms with E-state index in [9.17, 15) is 0 Å². The summed E-state index contributed by atoms with van der Waals surface area (Å²) < 4.78 is 2.31. The van der Waals surface area contributed by atoms with Gasteiger partial charge in [-0.25, -0.2) is 9.97 Å². The summed E-state index contributed by atoms with van der Waals surface area (Å²) in [6.45, 7) is 0. The van der Waals surface area contributed by atoms with E-state index in [1.807, 2.05) is 0 Å². The molecule has 0 aliphatic carbocycles. The van der Waals surface area contributed by atoms with Crippen molar-refractivity contribution in [1.82, 2.24) is 14.5 Å². The van der Waals surface area contributed by atoms with Crippen LogP contribution in [0.15, 0.2) is 237 Å². The Morgan fingerprint density at radius 3 is 1.26 bits per heavy atom. The topological polar surface area (TPSA) is 30.7 Å². The molecule has 0 bridgehead atoms. The van der Waals surface area contributed by atoms with Gasteiger partial charge >= 0.3 is 0 Å². The standard InChI is InChI=1S/C58H39N3/c1-5-17-40(18-6-1)43-31-33-44(34-32-43)55-57-56(53-29-13-14-30-54(53)61(57)52-27-11-4-12-28-52)60-58(59-55)48-26-16-24-46(36-48)45-23-15-25-47(35-45)51-38-49(41-19-7-2-8-20-41)37-50(39-51)42-21-9-3-10-22-42/h1-39H. The van der Waals surface area contributed by atoms with Crippen LogP contribution in [-0.4, -0.2) is 14.5 Å². The summed E-state index contributed by atoms with van der Waals surface area (Å²) in [6, 6.07) is 84.1. The molecule has 286 valence electrons. The van der Waals surface area contributed by atoms with Crippen LogP contribution >= 0.6 is 0 Å². The fourth-order valence-corrected chi connectivity index (χ4v) is 8.58. The minimum atomic E-state index is 0.687. The van der Waals surface area contributed by atoms with Crippen LogP contribution in [0.1, 0.15) is 0 Å². The van der Waals surface area contributed by atoms with Gasteiger partial charge in [0.25, 0.3) is 0 Å². The van der Waals surface area contributed by atoms with Crippen molar-refractivity contribution in [3.63, 3.8) is 0 Å². The van der Waals surface area contributed by atoms with Gasteiger partial charge in [-0.3, -0.25) is 0 Å². The van der Waals surface area contributed by atoms with E-state index in [1.165, 1.54) is 33.4 Å². The Labute approximate surface area is 355 Å². The lowest BCUT2D eigenvalue weighted by molar-refractivity contribution is 1.15. The van der Waals surface area contributed by atoms with Gasteiger partial charge in [-0.15, -0.1) is 0 Å². The van der Waals surface area contributed by atoms with Gasteiger partial charge in [0, 0.05) is 22.2 Å². The van der Waals surface area contributed by atoms with E-state index >= 15 is 0 Å². The normalized spacial score (nSPS) is 11.3. The number of hydrogen-bond acceptors (Lipinski definition) is 2. The maximum atomic E-state index is 5.47. The van der Waals surface area contributed by atoms with Crippen LogP contribution in [0.2, 0.25) is 0 Å². The Balaban J connectivity index is 1.05. The summed E-state index contributed by atoms with van der Waals surface area (Å²) in [5.74, 6) is 0.687. The number of aromatic nitrogens is 3. The maximum Gasteiger partial charge on any atom is 0.160 e. The molecule has 0 atom stereocenters. The molecule has 0 saturated carbocycles. The summed E-state index contributed by atoms with van der Waals surface area (Å²) >= 11 is 0. The third-order valence-electron chi connectivity index (χ3n) is 11.6. The molecule has 0 aliphatic rings. The van der Waals surface area contributed by atoms with Gasteiger partial charge in [0.05, 0.1) is 16.7 Å². The molecule has 3 heteroatoms. The second-order valence-electron chi connectivity index (χ2n) is 15.4. The zero-order valence-corrected chi connectivity index (χ0v) is 33.4. The average Bonchev–Trinajstić information content (AvgIpc) is 3.69. The van der Waals surface area contributed by atoms with Crippen molar-refractivity contribution in [3.05, 3.63) is 237 Å². The van der Waals surface area contributed by atoms with Crippen LogP contribution in [0, 0.1) is 0 Å². The Morgan fingerprint density at radius 2 is 0.672 bits per heavy atom. The zero-order chi connectivity index (χ0) is 40.5. The molecule has 2 heterocycles. The second-order valence-corrected chi connectivity index (χ2v) is 15.4. The Kier molecular flexibility index (Phi) is 9.18. The van der Waals surface area contributed by atoms with E-state index in [-0.39, 0.29) is 0 Å². The van der Waals surface area contributed by atoms with Gasteiger partial charge in [0.2, 0.25) is 0 Å². The first-order valence-electron chi connectivity index (χ1n) is 20.7. The van der Waals surface area contributed by atoms with Crippen LogP contribution < -0.4 is 0 Å². The van der Waals surface area contributed by atoms with Crippen LogP contribution in [0.5, 0.6) is 0 Å². The molecule has 9 aromatic carbocycles. The summed E-state index contributed by atoms with van der Waals surface area (Å²) in [6.07, 6.45) is 0.